The summed E-state index contributed by atoms with van der Waals surface area (Å²) in [4.78, 5) is 11.9. The molecule has 0 fully saturated rings. The van der Waals surface area contributed by atoms with Gasteiger partial charge in [0.05, 0.1) is 26.4 Å². The van der Waals surface area contributed by atoms with E-state index in [-0.39, 0.29) is 5.97 Å². The summed E-state index contributed by atoms with van der Waals surface area (Å²) in [6.07, 6.45) is 1.84. The molecule has 1 rings (SSSR count). The van der Waals surface area contributed by atoms with Crippen LogP contribution in [0.2, 0.25) is 0 Å². The van der Waals surface area contributed by atoms with E-state index in [0.717, 1.165) is 12.8 Å². The Morgan fingerprint density at radius 2 is 1.83 bits per heavy atom. The van der Waals surface area contributed by atoms with Crippen LogP contribution in [0.3, 0.4) is 0 Å². The van der Waals surface area contributed by atoms with E-state index in [1.165, 1.54) is 7.11 Å². The van der Waals surface area contributed by atoms with Gasteiger partial charge in [-0.25, -0.2) is 4.79 Å². The van der Waals surface area contributed by atoms with E-state index in [0.29, 0.717) is 28.1 Å². The number of esters is 1. The number of carbonyl (C=O) groups is 1. The lowest BCUT2D eigenvalue weighted by Crippen LogP contribution is -2.08. The SMILES string of the molecule is CCCCOC(=O)c1cc(OC)c(OC)cc1Br. The molecule has 18 heavy (non-hydrogen) atoms. The van der Waals surface area contributed by atoms with Gasteiger partial charge in [0.2, 0.25) is 0 Å². The molecule has 0 saturated heterocycles. The summed E-state index contributed by atoms with van der Waals surface area (Å²) in [5.74, 6) is 0.703. The second-order valence-corrected chi connectivity index (χ2v) is 4.53. The van der Waals surface area contributed by atoms with Crippen molar-refractivity contribution in [2.45, 2.75) is 19.8 Å². The number of carbonyl (C=O) groups excluding carboxylic acids is 1. The number of unbranched alkanes of at least 4 members (excludes halogenated alkanes) is 1. The molecule has 0 amide bonds. The van der Waals surface area contributed by atoms with Gasteiger partial charge in [-0.3, -0.25) is 0 Å². The van der Waals surface area contributed by atoms with Crippen LogP contribution >= 0.6 is 15.9 Å². The van der Waals surface area contributed by atoms with Crippen LogP contribution in [0, 0.1) is 0 Å². The molecule has 0 aliphatic rings. The summed E-state index contributed by atoms with van der Waals surface area (Å²) in [5.41, 5.74) is 0.434. The van der Waals surface area contributed by atoms with E-state index in [9.17, 15) is 4.79 Å². The Labute approximate surface area is 115 Å². The minimum Gasteiger partial charge on any atom is -0.493 e. The zero-order valence-corrected chi connectivity index (χ0v) is 12.4. The van der Waals surface area contributed by atoms with Crippen LogP contribution < -0.4 is 9.47 Å². The van der Waals surface area contributed by atoms with Gasteiger partial charge in [-0.2, -0.15) is 0 Å². The third-order valence-corrected chi connectivity index (χ3v) is 3.08. The van der Waals surface area contributed by atoms with Gasteiger partial charge < -0.3 is 14.2 Å². The van der Waals surface area contributed by atoms with Crippen LogP contribution in [0.1, 0.15) is 30.1 Å². The Morgan fingerprint density at radius 3 is 2.39 bits per heavy atom. The fraction of sp³-hybridized carbons (Fsp3) is 0.462. The third-order valence-electron chi connectivity index (χ3n) is 2.42. The average Bonchev–Trinajstić information content (AvgIpc) is 2.38. The molecule has 1 aromatic carbocycles. The fourth-order valence-electron chi connectivity index (χ4n) is 1.40. The molecule has 0 aliphatic heterocycles. The average molecular weight is 317 g/mol. The van der Waals surface area contributed by atoms with E-state index in [2.05, 4.69) is 15.9 Å². The Balaban J connectivity index is 2.91. The van der Waals surface area contributed by atoms with Crippen LogP contribution in [0.15, 0.2) is 16.6 Å². The molecule has 1 aromatic rings. The first-order chi connectivity index (χ1) is 8.63. The molecule has 0 aliphatic carbocycles. The molecule has 0 saturated carbocycles. The summed E-state index contributed by atoms with van der Waals surface area (Å²) in [7, 11) is 3.07. The fourth-order valence-corrected chi connectivity index (χ4v) is 1.88. The summed E-state index contributed by atoms with van der Waals surface area (Å²) >= 11 is 3.32. The van der Waals surface area contributed by atoms with Gasteiger partial charge in [0, 0.05) is 4.47 Å². The Hall–Kier alpha value is -1.23. The molecule has 4 nitrogen and oxygen atoms in total. The number of rotatable bonds is 6. The van der Waals surface area contributed by atoms with Gasteiger partial charge in [0.25, 0.3) is 0 Å². The topological polar surface area (TPSA) is 44.8 Å². The number of hydrogen-bond donors (Lipinski definition) is 0. The minimum atomic E-state index is -0.365. The molecule has 0 radical (unpaired) electrons. The molecular formula is C13H17BrO4. The first-order valence-corrected chi connectivity index (χ1v) is 6.52. The van der Waals surface area contributed by atoms with Crippen molar-refractivity contribution < 1.29 is 19.0 Å². The molecule has 0 N–H and O–H groups in total. The van der Waals surface area contributed by atoms with Crippen molar-refractivity contribution in [2.24, 2.45) is 0 Å². The summed E-state index contributed by atoms with van der Waals surface area (Å²) < 4.78 is 16.1. The molecule has 0 spiro atoms. The number of benzene rings is 1. The molecule has 0 aromatic heterocycles. The zero-order chi connectivity index (χ0) is 13.5. The maximum atomic E-state index is 11.9. The van der Waals surface area contributed by atoms with E-state index in [1.807, 2.05) is 6.92 Å². The monoisotopic (exact) mass is 316 g/mol. The maximum absolute atomic E-state index is 11.9. The molecule has 5 heteroatoms. The van der Waals surface area contributed by atoms with Crippen LogP contribution in [-0.4, -0.2) is 26.8 Å². The van der Waals surface area contributed by atoms with Crippen molar-refractivity contribution in [1.82, 2.24) is 0 Å². The lowest BCUT2D eigenvalue weighted by Gasteiger charge is -2.11. The van der Waals surface area contributed by atoms with Gasteiger partial charge in [-0.15, -0.1) is 0 Å². The third kappa shape index (κ3) is 3.63. The van der Waals surface area contributed by atoms with Gasteiger partial charge in [0.1, 0.15) is 0 Å². The molecule has 0 atom stereocenters. The highest BCUT2D eigenvalue weighted by molar-refractivity contribution is 9.10. The highest BCUT2D eigenvalue weighted by atomic mass is 79.9. The van der Waals surface area contributed by atoms with Crippen LogP contribution in [0.25, 0.3) is 0 Å². The first kappa shape index (κ1) is 14.8. The van der Waals surface area contributed by atoms with Crippen molar-refractivity contribution in [3.63, 3.8) is 0 Å². The largest absolute Gasteiger partial charge is 0.493 e. The van der Waals surface area contributed by atoms with Gasteiger partial charge in [0.15, 0.2) is 11.5 Å². The molecular weight excluding hydrogens is 300 g/mol. The van der Waals surface area contributed by atoms with E-state index >= 15 is 0 Å². The van der Waals surface area contributed by atoms with Crippen molar-refractivity contribution >= 4 is 21.9 Å². The number of ether oxygens (including phenoxy) is 3. The predicted molar refractivity (Wildman–Crippen MR) is 72.4 cm³/mol. The Kier molecular flexibility index (Phi) is 5.98. The predicted octanol–water partition coefficient (Wildman–Crippen LogP) is 3.42. The molecule has 0 unspecified atom stereocenters. The summed E-state index contributed by atoms with van der Waals surface area (Å²) in [6.45, 7) is 2.47. The number of hydrogen-bond acceptors (Lipinski definition) is 4. The van der Waals surface area contributed by atoms with Crippen LogP contribution in [0.4, 0.5) is 0 Å². The van der Waals surface area contributed by atoms with Gasteiger partial charge in [-0.1, -0.05) is 13.3 Å². The normalized spacial score (nSPS) is 10.0. The minimum absolute atomic E-state index is 0.365. The van der Waals surface area contributed by atoms with Crippen LogP contribution in [-0.2, 0) is 4.74 Å². The van der Waals surface area contributed by atoms with Gasteiger partial charge in [-0.05, 0) is 34.5 Å². The molecule has 0 heterocycles. The summed E-state index contributed by atoms with van der Waals surface area (Å²) in [5, 5.41) is 0. The molecule has 100 valence electrons. The van der Waals surface area contributed by atoms with Crippen molar-refractivity contribution in [2.75, 3.05) is 20.8 Å². The summed E-state index contributed by atoms with van der Waals surface area (Å²) in [6, 6.07) is 3.30. The smallest absolute Gasteiger partial charge is 0.339 e. The van der Waals surface area contributed by atoms with E-state index < -0.39 is 0 Å². The standard InChI is InChI=1S/C13H17BrO4/c1-4-5-6-18-13(15)9-7-11(16-2)12(17-3)8-10(9)14/h7-8H,4-6H2,1-3H3. The second-order valence-electron chi connectivity index (χ2n) is 3.68. The van der Waals surface area contributed by atoms with Crippen molar-refractivity contribution in [3.8, 4) is 11.5 Å². The quantitative estimate of drug-likeness (QED) is 0.596. The highest BCUT2D eigenvalue weighted by Gasteiger charge is 2.16. The zero-order valence-electron chi connectivity index (χ0n) is 10.8. The first-order valence-electron chi connectivity index (χ1n) is 5.72. The van der Waals surface area contributed by atoms with Gasteiger partial charge >= 0.3 is 5.97 Å². The number of halogens is 1. The van der Waals surface area contributed by atoms with Crippen molar-refractivity contribution in [3.05, 3.63) is 22.2 Å². The van der Waals surface area contributed by atoms with Crippen molar-refractivity contribution in [1.29, 1.82) is 0 Å². The lowest BCUT2D eigenvalue weighted by atomic mass is 10.2. The molecule has 0 bridgehead atoms. The van der Waals surface area contributed by atoms with E-state index in [4.69, 9.17) is 14.2 Å². The van der Waals surface area contributed by atoms with Crippen LogP contribution in [0.5, 0.6) is 11.5 Å². The maximum Gasteiger partial charge on any atom is 0.339 e. The second kappa shape index (κ2) is 7.26. The Morgan fingerprint density at radius 1 is 1.22 bits per heavy atom. The highest BCUT2D eigenvalue weighted by Crippen LogP contribution is 2.33. The number of methoxy groups -OCH3 is 2. The Bertz CT molecular complexity index is 418. The van der Waals surface area contributed by atoms with E-state index in [1.54, 1.807) is 19.2 Å². The lowest BCUT2D eigenvalue weighted by molar-refractivity contribution is 0.0498.